The van der Waals surface area contributed by atoms with Crippen LogP contribution in [0.15, 0.2) is 40.6 Å². The van der Waals surface area contributed by atoms with Crippen molar-refractivity contribution in [2.45, 2.75) is 31.1 Å². The number of amides is 1. The highest BCUT2D eigenvalue weighted by Crippen LogP contribution is 2.28. The zero-order valence-electron chi connectivity index (χ0n) is 14.4. The molecule has 0 spiro atoms. The summed E-state index contributed by atoms with van der Waals surface area (Å²) < 4.78 is 27.2. The smallest absolute Gasteiger partial charge is 0.267 e. The SMILES string of the molecule is CC(=O)c1ccccc1NC(=O)c1sccc1S(=O)(=O)N1CCCCC1. The number of rotatable bonds is 5. The molecule has 8 heteroatoms. The van der Waals surface area contributed by atoms with Gasteiger partial charge in [0.1, 0.15) is 9.77 Å². The number of carbonyl (C=O) groups is 2. The Bertz CT molecular complexity index is 928. The van der Waals surface area contributed by atoms with Crippen LogP contribution < -0.4 is 5.32 Å². The van der Waals surface area contributed by atoms with E-state index in [2.05, 4.69) is 5.32 Å². The fraction of sp³-hybridized carbons (Fsp3) is 0.333. The Hall–Kier alpha value is -2.03. The Balaban J connectivity index is 1.89. The number of para-hydroxylation sites is 1. The summed E-state index contributed by atoms with van der Waals surface area (Å²) in [6.07, 6.45) is 2.68. The summed E-state index contributed by atoms with van der Waals surface area (Å²) in [4.78, 5) is 24.6. The predicted octanol–water partition coefficient (Wildman–Crippen LogP) is 3.38. The number of thiophene rings is 1. The predicted molar refractivity (Wildman–Crippen MR) is 101 cm³/mol. The molecule has 0 saturated carbocycles. The standard InChI is InChI=1S/C18H20N2O4S2/c1-13(21)14-7-3-4-8-15(14)19-18(22)17-16(9-12-25-17)26(23,24)20-10-5-2-6-11-20/h3-4,7-9,12H,2,5-6,10-11H2,1H3,(H,19,22). The number of hydrogen-bond donors (Lipinski definition) is 1. The van der Waals surface area contributed by atoms with Gasteiger partial charge in [-0.2, -0.15) is 4.31 Å². The summed E-state index contributed by atoms with van der Waals surface area (Å²) in [5, 5.41) is 4.28. The Morgan fingerprint density at radius 3 is 2.46 bits per heavy atom. The average molecular weight is 393 g/mol. The Morgan fingerprint density at radius 2 is 1.77 bits per heavy atom. The van der Waals surface area contributed by atoms with E-state index in [0.29, 0.717) is 24.3 Å². The third-order valence-electron chi connectivity index (χ3n) is 4.32. The number of sulfonamides is 1. The summed E-state index contributed by atoms with van der Waals surface area (Å²) in [5.41, 5.74) is 0.762. The van der Waals surface area contributed by atoms with E-state index in [1.54, 1.807) is 29.6 Å². The van der Waals surface area contributed by atoms with Gasteiger partial charge in [-0.1, -0.05) is 18.6 Å². The number of nitrogens with zero attached hydrogens (tertiary/aromatic N) is 1. The number of ketones is 1. The first-order chi connectivity index (χ1) is 12.4. The van der Waals surface area contributed by atoms with Gasteiger partial charge in [0.2, 0.25) is 10.0 Å². The number of piperidine rings is 1. The van der Waals surface area contributed by atoms with E-state index in [-0.39, 0.29) is 15.6 Å². The third kappa shape index (κ3) is 3.72. The zero-order valence-corrected chi connectivity index (χ0v) is 16.0. The molecule has 1 aliphatic heterocycles. The minimum atomic E-state index is -3.70. The first-order valence-electron chi connectivity index (χ1n) is 8.40. The molecule has 0 aliphatic carbocycles. The van der Waals surface area contributed by atoms with Gasteiger partial charge < -0.3 is 5.32 Å². The van der Waals surface area contributed by atoms with E-state index in [1.165, 1.54) is 17.3 Å². The van der Waals surface area contributed by atoms with Crippen LogP contribution in [0.1, 0.15) is 46.2 Å². The molecule has 0 atom stereocenters. The maximum absolute atomic E-state index is 12.9. The lowest BCUT2D eigenvalue weighted by molar-refractivity contribution is 0.101. The molecule has 3 rings (SSSR count). The molecule has 1 amide bonds. The van der Waals surface area contributed by atoms with Gasteiger partial charge in [-0.3, -0.25) is 9.59 Å². The number of benzene rings is 1. The molecule has 0 bridgehead atoms. The summed E-state index contributed by atoms with van der Waals surface area (Å²) in [7, 11) is -3.70. The Morgan fingerprint density at radius 1 is 1.08 bits per heavy atom. The van der Waals surface area contributed by atoms with Crippen molar-refractivity contribution in [3.63, 3.8) is 0 Å². The van der Waals surface area contributed by atoms with Crippen LogP contribution in [0, 0.1) is 0 Å². The fourth-order valence-electron chi connectivity index (χ4n) is 2.99. The second-order valence-corrected chi connectivity index (χ2v) is 8.96. The lowest BCUT2D eigenvalue weighted by Gasteiger charge is -2.25. The van der Waals surface area contributed by atoms with Gasteiger partial charge in [0.15, 0.2) is 5.78 Å². The second-order valence-electron chi connectivity index (χ2n) is 6.13. The third-order valence-corrected chi connectivity index (χ3v) is 7.31. The first kappa shape index (κ1) is 18.8. The molecule has 1 aromatic carbocycles. The lowest BCUT2D eigenvalue weighted by atomic mass is 10.1. The molecular weight excluding hydrogens is 372 g/mol. The maximum Gasteiger partial charge on any atom is 0.267 e. The topological polar surface area (TPSA) is 83.5 Å². The van der Waals surface area contributed by atoms with Crippen LogP contribution in [0.25, 0.3) is 0 Å². The second kappa shape index (κ2) is 7.69. The molecule has 26 heavy (non-hydrogen) atoms. The summed E-state index contributed by atoms with van der Waals surface area (Å²) in [6, 6.07) is 8.14. The molecule has 0 unspecified atom stereocenters. The fourth-order valence-corrected chi connectivity index (χ4v) is 5.80. The van der Waals surface area contributed by atoms with Crippen molar-refractivity contribution in [2.75, 3.05) is 18.4 Å². The molecule has 1 fully saturated rings. The Labute approximate surface area is 156 Å². The van der Waals surface area contributed by atoms with Gasteiger partial charge in [0.05, 0.1) is 5.69 Å². The van der Waals surface area contributed by atoms with Crippen LogP contribution in [-0.4, -0.2) is 37.5 Å². The highest BCUT2D eigenvalue weighted by atomic mass is 32.2. The number of hydrogen-bond acceptors (Lipinski definition) is 5. The van der Waals surface area contributed by atoms with Crippen LogP contribution in [0.2, 0.25) is 0 Å². The molecule has 2 aromatic rings. The van der Waals surface area contributed by atoms with E-state index in [9.17, 15) is 18.0 Å². The first-order valence-corrected chi connectivity index (χ1v) is 10.7. The molecule has 1 aliphatic rings. The van der Waals surface area contributed by atoms with Crippen molar-refractivity contribution >= 4 is 38.7 Å². The number of Topliss-reactive ketones (excluding diaryl/α,β-unsaturated/α-hetero) is 1. The van der Waals surface area contributed by atoms with Crippen molar-refractivity contribution in [1.82, 2.24) is 4.31 Å². The minimum Gasteiger partial charge on any atom is -0.321 e. The van der Waals surface area contributed by atoms with Gasteiger partial charge in [0, 0.05) is 18.7 Å². The quantitative estimate of drug-likeness (QED) is 0.791. The summed E-state index contributed by atoms with van der Waals surface area (Å²) in [5.74, 6) is -0.697. The highest BCUT2D eigenvalue weighted by molar-refractivity contribution is 7.89. The molecule has 1 N–H and O–H groups in total. The number of anilines is 1. The van der Waals surface area contributed by atoms with Crippen molar-refractivity contribution < 1.29 is 18.0 Å². The lowest BCUT2D eigenvalue weighted by Crippen LogP contribution is -2.36. The van der Waals surface area contributed by atoms with Gasteiger partial charge in [-0.25, -0.2) is 8.42 Å². The van der Waals surface area contributed by atoms with Crippen LogP contribution in [0.5, 0.6) is 0 Å². The van der Waals surface area contributed by atoms with E-state index in [4.69, 9.17) is 0 Å². The number of nitrogens with one attached hydrogen (secondary N) is 1. The van der Waals surface area contributed by atoms with E-state index in [1.807, 2.05) is 0 Å². The van der Waals surface area contributed by atoms with Crippen LogP contribution in [-0.2, 0) is 10.0 Å². The monoisotopic (exact) mass is 392 g/mol. The van der Waals surface area contributed by atoms with Gasteiger partial charge in [-0.15, -0.1) is 11.3 Å². The number of carbonyl (C=O) groups excluding carboxylic acids is 2. The van der Waals surface area contributed by atoms with Crippen LogP contribution in [0.3, 0.4) is 0 Å². The summed E-state index contributed by atoms with van der Waals surface area (Å²) in [6.45, 7) is 2.38. The maximum atomic E-state index is 12.9. The highest BCUT2D eigenvalue weighted by Gasteiger charge is 2.31. The molecule has 1 saturated heterocycles. The minimum absolute atomic E-state index is 0.0298. The van der Waals surface area contributed by atoms with Crippen molar-refractivity contribution in [2.24, 2.45) is 0 Å². The van der Waals surface area contributed by atoms with Crippen LogP contribution in [0.4, 0.5) is 5.69 Å². The zero-order chi connectivity index (χ0) is 18.7. The van der Waals surface area contributed by atoms with Crippen LogP contribution >= 0.6 is 11.3 Å². The van der Waals surface area contributed by atoms with Gasteiger partial charge in [0.25, 0.3) is 5.91 Å². The molecule has 2 heterocycles. The van der Waals surface area contributed by atoms with Crippen molar-refractivity contribution in [1.29, 1.82) is 0 Å². The molecule has 1 aromatic heterocycles. The van der Waals surface area contributed by atoms with E-state index in [0.717, 1.165) is 30.6 Å². The normalized spacial score (nSPS) is 15.6. The molecule has 6 nitrogen and oxygen atoms in total. The average Bonchev–Trinajstić information content (AvgIpc) is 3.13. The van der Waals surface area contributed by atoms with Crippen molar-refractivity contribution in [3.05, 3.63) is 46.2 Å². The van der Waals surface area contributed by atoms with E-state index < -0.39 is 15.9 Å². The Kier molecular flexibility index (Phi) is 5.55. The summed E-state index contributed by atoms with van der Waals surface area (Å²) >= 11 is 1.08. The largest absolute Gasteiger partial charge is 0.321 e. The molecule has 138 valence electrons. The molecule has 0 radical (unpaired) electrons. The van der Waals surface area contributed by atoms with E-state index >= 15 is 0 Å². The molecular formula is C18H20N2O4S2. The van der Waals surface area contributed by atoms with Gasteiger partial charge >= 0.3 is 0 Å². The van der Waals surface area contributed by atoms with Gasteiger partial charge in [-0.05, 0) is 43.3 Å². The van der Waals surface area contributed by atoms with Crippen molar-refractivity contribution in [3.8, 4) is 0 Å².